The highest BCUT2D eigenvalue weighted by molar-refractivity contribution is 5.97. The van der Waals surface area contributed by atoms with Crippen molar-refractivity contribution >= 4 is 11.8 Å². The summed E-state index contributed by atoms with van der Waals surface area (Å²) in [5.41, 5.74) is 5.16. The molecule has 2 atom stereocenters. The molecular weight excluding hydrogens is 356 g/mol. The van der Waals surface area contributed by atoms with Gasteiger partial charge in [0.05, 0.1) is 6.10 Å². The van der Waals surface area contributed by atoms with Crippen LogP contribution in [0.4, 0.5) is 0 Å². The lowest BCUT2D eigenvalue weighted by molar-refractivity contribution is -0.133. The fourth-order valence-electron chi connectivity index (χ4n) is 2.96. The van der Waals surface area contributed by atoms with Crippen LogP contribution in [0.2, 0.25) is 0 Å². The van der Waals surface area contributed by atoms with Gasteiger partial charge in [-0.2, -0.15) is 0 Å². The number of carbonyl (C=O) groups excluding carboxylic acids is 2. The van der Waals surface area contributed by atoms with Crippen molar-refractivity contribution in [2.24, 2.45) is 0 Å². The van der Waals surface area contributed by atoms with E-state index < -0.39 is 24.0 Å². The topological polar surface area (TPSA) is 98.7 Å². The van der Waals surface area contributed by atoms with E-state index in [1.54, 1.807) is 12.1 Å². The van der Waals surface area contributed by atoms with E-state index in [1.165, 1.54) is 37.2 Å². The summed E-state index contributed by atoms with van der Waals surface area (Å²) in [4.78, 5) is 23.8. The van der Waals surface area contributed by atoms with E-state index in [4.69, 9.17) is 5.21 Å². The molecular formula is C22H28N2O4. The first-order valence-corrected chi connectivity index (χ1v) is 9.58. The fraction of sp³-hybridized carbons (Fsp3) is 0.364. The number of amides is 2. The minimum Gasteiger partial charge on any atom is -0.391 e. The van der Waals surface area contributed by atoms with Crippen LogP contribution in [0, 0.1) is 0 Å². The monoisotopic (exact) mass is 384 g/mol. The van der Waals surface area contributed by atoms with Crippen molar-refractivity contribution in [3.8, 4) is 11.1 Å². The van der Waals surface area contributed by atoms with Crippen molar-refractivity contribution in [2.75, 3.05) is 0 Å². The van der Waals surface area contributed by atoms with Crippen LogP contribution in [0.5, 0.6) is 0 Å². The van der Waals surface area contributed by atoms with Crippen molar-refractivity contribution < 1.29 is 19.9 Å². The Bertz CT molecular complexity index is 770. The molecule has 28 heavy (non-hydrogen) atoms. The van der Waals surface area contributed by atoms with Crippen LogP contribution in [-0.4, -0.2) is 34.3 Å². The summed E-state index contributed by atoms with van der Waals surface area (Å²) < 4.78 is 0. The second kappa shape index (κ2) is 10.6. The molecule has 0 bridgehead atoms. The number of hydrogen-bond acceptors (Lipinski definition) is 4. The third-order valence-electron chi connectivity index (χ3n) is 4.67. The lowest BCUT2D eigenvalue weighted by atomic mass is 10.00. The molecule has 0 heterocycles. The van der Waals surface area contributed by atoms with Crippen molar-refractivity contribution in [2.45, 2.75) is 51.7 Å². The van der Waals surface area contributed by atoms with Crippen molar-refractivity contribution in [3.63, 3.8) is 0 Å². The highest BCUT2D eigenvalue weighted by atomic mass is 16.5. The molecule has 0 saturated carbocycles. The number of nitrogens with one attached hydrogen (secondary N) is 2. The molecule has 0 aliphatic carbocycles. The van der Waals surface area contributed by atoms with Crippen molar-refractivity contribution in [3.05, 3.63) is 59.7 Å². The number of carbonyl (C=O) groups is 2. The third kappa shape index (κ3) is 5.90. The summed E-state index contributed by atoms with van der Waals surface area (Å²) in [6.45, 7) is 3.55. The maximum Gasteiger partial charge on any atom is 0.268 e. The van der Waals surface area contributed by atoms with Crippen molar-refractivity contribution in [1.82, 2.24) is 10.8 Å². The average Bonchev–Trinajstić information content (AvgIpc) is 2.72. The normalized spacial score (nSPS) is 12.9. The van der Waals surface area contributed by atoms with Gasteiger partial charge in [-0.25, -0.2) is 5.48 Å². The van der Waals surface area contributed by atoms with Crippen LogP contribution in [0.25, 0.3) is 11.1 Å². The van der Waals surface area contributed by atoms with Crippen LogP contribution in [0.3, 0.4) is 0 Å². The number of hydrogen-bond donors (Lipinski definition) is 4. The first-order valence-electron chi connectivity index (χ1n) is 9.58. The number of benzene rings is 2. The van der Waals surface area contributed by atoms with Crippen LogP contribution in [-0.2, 0) is 11.2 Å². The zero-order valence-electron chi connectivity index (χ0n) is 16.3. The molecule has 0 radical (unpaired) electrons. The summed E-state index contributed by atoms with van der Waals surface area (Å²) in [5, 5.41) is 20.7. The molecule has 2 amide bonds. The van der Waals surface area contributed by atoms with Gasteiger partial charge in [0.2, 0.25) is 0 Å². The largest absolute Gasteiger partial charge is 0.391 e. The number of unbranched alkanes of at least 4 members (excludes halogenated alkanes) is 2. The van der Waals surface area contributed by atoms with Crippen LogP contribution < -0.4 is 10.8 Å². The zero-order valence-corrected chi connectivity index (χ0v) is 16.3. The molecule has 0 aromatic heterocycles. The van der Waals surface area contributed by atoms with E-state index in [0.29, 0.717) is 5.56 Å². The quantitative estimate of drug-likeness (QED) is 0.303. The number of hydroxylamine groups is 1. The van der Waals surface area contributed by atoms with Gasteiger partial charge in [-0.1, -0.05) is 56.2 Å². The lowest BCUT2D eigenvalue weighted by Crippen LogP contribution is -2.51. The predicted molar refractivity (Wildman–Crippen MR) is 108 cm³/mol. The van der Waals surface area contributed by atoms with E-state index in [-0.39, 0.29) is 0 Å². The number of aliphatic hydroxyl groups is 1. The smallest absolute Gasteiger partial charge is 0.268 e. The van der Waals surface area contributed by atoms with Gasteiger partial charge in [-0.3, -0.25) is 14.8 Å². The van der Waals surface area contributed by atoms with Crippen LogP contribution in [0.15, 0.2) is 48.5 Å². The van der Waals surface area contributed by atoms with E-state index in [1.807, 2.05) is 12.1 Å². The molecule has 0 fully saturated rings. The summed E-state index contributed by atoms with van der Waals surface area (Å²) >= 11 is 0. The highest BCUT2D eigenvalue weighted by Gasteiger charge is 2.25. The van der Waals surface area contributed by atoms with E-state index in [2.05, 4.69) is 36.5 Å². The Hall–Kier alpha value is -2.70. The van der Waals surface area contributed by atoms with Gasteiger partial charge in [0.25, 0.3) is 11.8 Å². The molecule has 4 N–H and O–H groups in total. The number of aryl methyl sites for hydroxylation is 1. The Morgan fingerprint density at radius 3 is 2.04 bits per heavy atom. The summed E-state index contributed by atoms with van der Waals surface area (Å²) in [7, 11) is 0. The molecule has 0 aliphatic rings. The molecule has 0 spiro atoms. The summed E-state index contributed by atoms with van der Waals surface area (Å²) in [6.07, 6.45) is 3.58. The van der Waals surface area contributed by atoms with E-state index >= 15 is 0 Å². The van der Waals surface area contributed by atoms with Gasteiger partial charge in [-0.05, 0) is 48.6 Å². The summed E-state index contributed by atoms with van der Waals surface area (Å²) in [6, 6.07) is 14.2. The predicted octanol–water partition coefficient (Wildman–Crippen LogP) is 3.07. The third-order valence-corrected chi connectivity index (χ3v) is 4.67. The first kappa shape index (κ1) is 21.6. The maximum atomic E-state index is 12.3. The van der Waals surface area contributed by atoms with Gasteiger partial charge < -0.3 is 10.4 Å². The molecule has 150 valence electrons. The van der Waals surface area contributed by atoms with E-state index in [9.17, 15) is 14.7 Å². The second-order valence-corrected chi connectivity index (χ2v) is 6.90. The first-order chi connectivity index (χ1) is 13.5. The number of rotatable bonds is 9. The number of aliphatic hydroxyl groups excluding tert-OH is 1. The van der Waals surface area contributed by atoms with Gasteiger partial charge in [0.15, 0.2) is 0 Å². The highest BCUT2D eigenvalue weighted by Crippen LogP contribution is 2.21. The van der Waals surface area contributed by atoms with Crippen molar-refractivity contribution in [1.29, 1.82) is 0 Å². The molecule has 2 aromatic rings. The van der Waals surface area contributed by atoms with Crippen LogP contribution >= 0.6 is 0 Å². The van der Waals surface area contributed by atoms with E-state index in [0.717, 1.165) is 17.5 Å². The molecule has 2 rings (SSSR count). The minimum absolute atomic E-state index is 0.358. The Morgan fingerprint density at radius 2 is 1.54 bits per heavy atom. The standard InChI is InChI=1S/C22H28N2O4/c1-3-4-5-6-16-7-9-17(10-8-16)18-11-13-19(14-12-18)21(26)23-20(15(2)25)22(27)24-28/h7-15,20,25,28H,3-6H2,1-2H3,(H,23,26)(H,24,27)/t15-,20+/m1/s1. The van der Waals surface area contributed by atoms with Gasteiger partial charge >= 0.3 is 0 Å². The fourth-order valence-corrected chi connectivity index (χ4v) is 2.96. The Morgan fingerprint density at radius 1 is 0.964 bits per heavy atom. The Labute approximate surface area is 165 Å². The molecule has 6 nitrogen and oxygen atoms in total. The lowest BCUT2D eigenvalue weighted by Gasteiger charge is -2.19. The molecule has 0 saturated heterocycles. The molecule has 6 heteroatoms. The van der Waals surface area contributed by atoms with Gasteiger partial charge in [-0.15, -0.1) is 0 Å². The Balaban J connectivity index is 2.04. The Kier molecular flexibility index (Phi) is 8.17. The molecule has 0 aliphatic heterocycles. The minimum atomic E-state index is -1.24. The van der Waals surface area contributed by atoms with Gasteiger partial charge in [0.1, 0.15) is 6.04 Å². The van der Waals surface area contributed by atoms with Gasteiger partial charge in [0, 0.05) is 5.56 Å². The zero-order chi connectivity index (χ0) is 20.5. The second-order valence-electron chi connectivity index (χ2n) is 6.90. The SMILES string of the molecule is CCCCCc1ccc(-c2ccc(C(=O)N[C@H](C(=O)NO)[C@@H](C)O)cc2)cc1. The average molecular weight is 384 g/mol. The maximum absolute atomic E-state index is 12.3. The molecule has 0 unspecified atom stereocenters. The summed E-state index contributed by atoms with van der Waals surface area (Å²) in [5.74, 6) is -1.38. The van der Waals surface area contributed by atoms with Crippen LogP contribution in [0.1, 0.15) is 49.0 Å². The molecule has 2 aromatic carbocycles.